The molecule has 2 aromatic carbocycles. The summed E-state index contributed by atoms with van der Waals surface area (Å²) in [5.41, 5.74) is 1.14. The zero-order valence-corrected chi connectivity index (χ0v) is 13.0. The first-order valence-electron chi connectivity index (χ1n) is 7.09. The number of nitrogens with zero attached hydrogens (tertiary/aromatic N) is 1. The van der Waals surface area contributed by atoms with Crippen molar-refractivity contribution in [3.63, 3.8) is 0 Å². The normalized spacial score (nSPS) is 12.3. The molecule has 0 saturated heterocycles. The van der Waals surface area contributed by atoms with Crippen LogP contribution in [0.4, 0.5) is 4.39 Å². The van der Waals surface area contributed by atoms with Crippen LogP contribution in [0.1, 0.15) is 30.9 Å². The highest BCUT2D eigenvalue weighted by Crippen LogP contribution is 2.34. The number of hydrogen-bond acceptors (Lipinski definition) is 4. The maximum atomic E-state index is 14.3. The summed E-state index contributed by atoms with van der Waals surface area (Å²) in [5.74, 6) is -1.01. The lowest BCUT2D eigenvalue weighted by atomic mass is 10.1. The summed E-state index contributed by atoms with van der Waals surface area (Å²) < 4.78 is 25.2. The highest BCUT2D eigenvalue weighted by Gasteiger charge is 2.29. The standard InChI is InChI=1S/C17H13ClFNO3/c1-2-14(21)23-16(15-10(18)6-5-7-11(15)19)17-20-12-8-3-4-9-13(12)22-17/h3-9,16H,2H2,1H3. The van der Waals surface area contributed by atoms with Crippen molar-refractivity contribution in [1.29, 1.82) is 0 Å². The number of hydrogen-bond donors (Lipinski definition) is 0. The number of benzene rings is 2. The van der Waals surface area contributed by atoms with Gasteiger partial charge in [0.1, 0.15) is 11.3 Å². The monoisotopic (exact) mass is 333 g/mol. The van der Waals surface area contributed by atoms with E-state index < -0.39 is 17.9 Å². The number of rotatable bonds is 4. The minimum absolute atomic E-state index is 0.0301. The largest absolute Gasteiger partial charge is 0.447 e. The molecule has 23 heavy (non-hydrogen) atoms. The molecule has 0 aliphatic carbocycles. The van der Waals surface area contributed by atoms with Crippen LogP contribution in [0.5, 0.6) is 0 Å². The number of halogens is 2. The molecule has 0 aliphatic rings. The average molecular weight is 334 g/mol. The molecule has 0 radical (unpaired) electrons. The molecule has 0 N–H and O–H groups in total. The number of esters is 1. The molecule has 1 atom stereocenters. The van der Waals surface area contributed by atoms with E-state index in [0.717, 1.165) is 0 Å². The van der Waals surface area contributed by atoms with Crippen molar-refractivity contribution in [2.24, 2.45) is 0 Å². The number of ether oxygens (including phenoxy) is 1. The van der Waals surface area contributed by atoms with Crippen molar-refractivity contribution in [2.75, 3.05) is 0 Å². The smallest absolute Gasteiger partial charge is 0.306 e. The van der Waals surface area contributed by atoms with Crippen LogP contribution in [-0.2, 0) is 9.53 Å². The molecular weight excluding hydrogens is 321 g/mol. The molecule has 6 heteroatoms. The Morgan fingerprint density at radius 2 is 2.09 bits per heavy atom. The van der Waals surface area contributed by atoms with Crippen LogP contribution in [0.2, 0.25) is 5.02 Å². The second-order valence-electron chi connectivity index (χ2n) is 4.88. The number of para-hydroxylation sites is 2. The molecule has 1 unspecified atom stereocenters. The summed E-state index contributed by atoms with van der Waals surface area (Å²) >= 11 is 6.10. The second kappa shape index (κ2) is 6.38. The molecule has 0 saturated carbocycles. The molecular formula is C17H13ClFNO3. The van der Waals surface area contributed by atoms with E-state index in [9.17, 15) is 9.18 Å². The van der Waals surface area contributed by atoms with Crippen LogP contribution in [0.15, 0.2) is 46.9 Å². The number of oxazole rings is 1. The first-order valence-corrected chi connectivity index (χ1v) is 7.46. The van der Waals surface area contributed by atoms with Crippen LogP contribution in [-0.4, -0.2) is 11.0 Å². The SMILES string of the molecule is CCC(=O)OC(c1nc2ccccc2o1)c1c(F)cccc1Cl. The Morgan fingerprint density at radius 1 is 1.30 bits per heavy atom. The summed E-state index contributed by atoms with van der Waals surface area (Å²) in [7, 11) is 0. The van der Waals surface area contributed by atoms with Crippen molar-refractivity contribution in [1.82, 2.24) is 4.98 Å². The number of carbonyl (C=O) groups is 1. The lowest BCUT2D eigenvalue weighted by Crippen LogP contribution is -2.14. The molecule has 1 heterocycles. The van der Waals surface area contributed by atoms with Crippen LogP contribution < -0.4 is 0 Å². The van der Waals surface area contributed by atoms with Gasteiger partial charge in [0.05, 0.1) is 10.6 Å². The van der Waals surface area contributed by atoms with Gasteiger partial charge < -0.3 is 9.15 Å². The molecule has 118 valence electrons. The van der Waals surface area contributed by atoms with Crippen molar-refractivity contribution in [3.05, 3.63) is 64.8 Å². The highest BCUT2D eigenvalue weighted by atomic mass is 35.5. The van der Waals surface area contributed by atoms with Gasteiger partial charge in [0.25, 0.3) is 0 Å². The van der Waals surface area contributed by atoms with Gasteiger partial charge in [-0.2, -0.15) is 0 Å². The Balaban J connectivity index is 2.13. The number of fused-ring (bicyclic) bond motifs is 1. The zero-order valence-electron chi connectivity index (χ0n) is 12.3. The van der Waals surface area contributed by atoms with E-state index in [4.69, 9.17) is 20.8 Å². The quantitative estimate of drug-likeness (QED) is 0.651. The Kier molecular flexibility index (Phi) is 4.30. The Bertz CT molecular complexity index is 809. The fourth-order valence-electron chi connectivity index (χ4n) is 2.21. The van der Waals surface area contributed by atoms with Crippen LogP contribution in [0.3, 0.4) is 0 Å². The third kappa shape index (κ3) is 3.05. The predicted octanol–water partition coefficient (Wildman–Crippen LogP) is 4.66. The molecule has 3 aromatic rings. The van der Waals surface area contributed by atoms with Gasteiger partial charge >= 0.3 is 5.97 Å². The van der Waals surface area contributed by atoms with Gasteiger partial charge in [0.2, 0.25) is 12.0 Å². The van der Waals surface area contributed by atoms with Gasteiger partial charge in [0, 0.05) is 6.42 Å². The highest BCUT2D eigenvalue weighted by molar-refractivity contribution is 6.31. The maximum Gasteiger partial charge on any atom is 0.306 e. The second-order valence-corrected chi connectivity index (χ2v) is 5.29. The first kappa shape index (κ1) is 15.5. The summed E-state index contributed by atoms with van der Waals surface area (Å²) in [6, 6.07) is 11.3. The van der Waals surface area contributed by atoms with Crippen molar-refractivity contribution < 1.29 is 18.3 Å². The molecule has 4 nitrogen and oxygen atoms in total. The van der Waals surface area contributed by atoms with Gasteiger partial charge in [-0.25, -0.2) is 9.37 Å². The fourth-order valence-corrected chi connectivity index (χ4v) is 2.47. The lowest BCUT2D eigenvalue weighted by Gasteiger charge is -2.16. The topological polar surface area (TPSA) is 52.3 Å². The maximum absolute atomic E-state index is 14.3. The van der Waals surface area contributed by atoms with Gasteiger partial charge in [0.15, 0.2) is 5.58 Å². The Labute approximate surface area is 136 Å². The molecule has 3 rings (SSSR count). The lowest BCUT2D eigenvalue weighted by molar-refractivity contribution is -0.148. The minimum atomic E-state index is -1.14. The molecule has 0 spiro atoms. The van der Waals surface area contributed by atoms with E-state index in [1.54, 1.807) is 31.2 Å². The summed E-state index contributed by atoms with van der Waals surface area (Å²) in [6.45, 7) is 1.65. The van der Waals surface area contributed by atoms with Gasteiger partial charge in [-0.1, -0.05) is 36.7 Å². The van der Waals surface area contributed by atoms with Crippen LogP contribution >= 0.6 is 11.6 Å². The average Bonchev–Trinajstić information content (AvgIpc) is 2.97. The van der Waals surface area contributed by atoms with E-state index in [-0.39, 0.29) is 22.9 Å². The molecule has 0 fully saturated rings. The van der Waals surface area contributed by atoms with E-state index in [0.29, 0.717) is 11.1 Å². The predicted molar refractivity (Wildman–Crippen MR) is 83.6 cm³/mol. The van der Waals surface area contributed by atoms with Crippen molar-refractivity contribution >= 4 is 28.7 Å². The minimum Gasteiger partial charge on any atom is -0.447 e. The Morgan fingerprint density at radius 3 is 2.78 bits per heavy atom. The van der Waals surface area contributed by atoms with E-state index >= 15 is 0 Å². The fraction of sp³-hybridized carbons (Fsp3) is 0.176. The summed E-state index contributed by atoms with van der Waals surface area (Å²) in [5, 5.41) is 0.140. The van der Waals surface area contributed by atoms with Crippen molar-refractivity contribution in [2.45, 2.75) is 19.4 Å². The number of carbonyl (C=O) groups excluding carboxylic acids is 1. The molecule has 0 aliphatic heterocycles. The van der Waals surface area contributed by atoms with Gasteiger partial charge in [-0.05, 0) is 24.3 Å². The zero-order chi connectivity index (χ0) is 16.4. The number of aromatic nitrogens is 1. The molecule has 0 amide bonds. The van der Waals surface area contributed by atoms with E-state index in [1.807, 2.05) is 0 Å². The summed E-state index contributed by atoms with van der Waals surface area (Å²) in [6.07, 6.45) is -0.994. The van der Waals surface area contributed by atoms with E-state index in [1.165, 1.54) is 18.2 Å². The van der Waals surface area contributed by atoms with Crippen molar-refractivity contribution in [3.8, 4) is 0 Å². The molecule has 1 aromatic heterocycles. The van der Waals surface area contributed by atoms with Crippen LogP contribution in [0, 0.1) is 5.82 Å². The van der Waals surface area contributed by atoms with Gasteiger partial charge in [-0.15, -0.1) is 0 Å². The Hall–Kier alpha value is -2.40. The van der Waals surface area contributed by atoms with Crippen LogP contribution in [0.25, 0.3) is 11.1 Å². The third-order valence-corrected chi connectivity index (χ3v) is 3.66. The summed E-state index contributed by atoms with van der Waals surface area (Å²) in [4.78, 5) is 16.0. The third-order valence-electron chi connectivity index (χ3n) is 3.33. The van der Waals surface area contributed by atoms with Gasteiger partial charge in [-0.3, -0.25) is 4.79 Å². The van der Waals surface area contributed by atoms with E-state index in [2.05, 4.69) is 4.98 Å². The first-order chi connectivity index (χ1) is 11.1. The molecule has 0 bridgehead atoms.